The Balaban J connectivity index is 2.69. The summed E-state index contributed by atoms with van der Waals surface area (Å²) < 4.78 is 5.13. The van der Waals surface area contributed by atoms with E-state index in [0.29, 0.717) is 5.69 Å². The summed E-state index contributed by atoms with van der Waals surface area (Å²) in [6.45, 7) is 5.32. The summed E-state index contributed by atoms with van der Waals surface area (Å²) in [6.07, 6.45) is -0.365. The van der Waals surface area contributed by atoms with Gasteiger partial charge in [0.25, 0.3) is 0 Å². The molecule has 1 aromatic carbocycles. The largest absolute Gasteiger partial charge is 0.480 e. The topological polar surface area (TPSA) is 102 Å². The van der Waals surface area contributed by atoms with Gasteiger partial charge in [0, 0.05) is 5.69 Å². The molecule has 110 valence electrons. The number of nitrogens with two attached hydrogens (primary N) is 1. The smallest absolute Gasteiger partial charge is 0.412 e. The Morgan fingerprint density at radius 1 is 1.40 bits per heavy atom. The fourth-order valence-corrected chi connectivity index (χ4v) is 1.54. The molecule has 0 aromatic heterocycles. The van der Waals surface area contributed by atoms with Crippen molar-refractivity contribution in [2.75, 3.05) is 5.32 Å². The Bertz CT molecular complexity index is 494. The number of hydrogen-bond donors (Lipinski definition) is 3. The summed E-state index contributed by atoms with van der Waals surface area (Å²) in [5, 5.41) is 11.4. The Kier molecular flexibility index (Phi) is 5.10. The highest BCUT2D eigenvalue weighted by Gasteiger charge is 2.16. The fraction of sp³-hybridized carbons (Fsp3) is 0.429. The fourth-order valence-electron chi connectivity index (χ4n) is 1.54. The van der Waals surface area contributed by atoms with Crippen LogP contribution >= 0.6 is 0 Å². The van der Waals surface area contributed by atoms with Crippen molar-refractivity contribution >= 4 is 17.7 Å². The summed E-state index contributed by atoms with van der Waals surface area (Å²) >= 11 is 0. The molecule has 1 amide bonds. The second kappa shape index (κ2) is 6.38. The third kappa shape index (κ3) is 5.71. The van der Waals surface area contributed by atoms with E-state index in [4.69, 9.17) is 15.6 Å². The molecule has 0 heterocycles. The number of amides is 1. The van der Waals surface area contributed by atoms with Crippen molar-refractivity contribution < 1.29 is 19.4 Å². The Hall–Kier alpha value is -2.08. The number of anilines is 1. The minimum atomic E-state index is -1.06. The first-order valence-corrected chi connectivity index (χ1v) is 6.25. The molecule has 0 aliphatic carbocycles. The van der Waals surface area contributed by atoms with Crippen LogP contribution in [-0.4, -0.2) is 28.8 Å². The van der Waals surface area contributed by atoms with Crippen LogP contribution in [0.5, 0.6) is 0 Å². The number of benzene rings is 1. The number of carboxylic acids is 1. The number of carbonyl (C=O) groups is 2. The Labute approximate surface area is 117 Å². The standard InChI is InChI=1S/C14H20N2O4/c1-14(2,3)20-13(19)16-10-6-4-5-9(7-10)8-11(15)12(17)18/h4-7,11H,8,15H2,1-3H3,(H,16,19)(H,17,18)/t11-/m1/s1. The van der Waals surface area contributed by atoms with Crippen molar-refractivity contribution in [1.29, 1.82) is 0 Å². The van der Waals surface area contributed by atoms with E-state index < -0.39 is 23.7 Å². The van der Waals surface area contributed by atoms with E-state index in [1.54, 1.807) is 45.0 Å². The molecule has 0 aliphatic rings. The summed E-state index contributed by atoms with van der Waals surface area (Å²) in [6, 6.07) is 5.87. The highest BCUT2D eigenvalue weighted by molar-refractivity contribution is 5.85. The number of ether oxygens (including phenoxy) is 1. The SMILES string of the molecule is CC(C)(C)OC(=O)Nc1cccc(C[C@@H](N)C(=O)O)c1. The number of hydrogen-bond acceptors (Lipinski definition) is 4. The molecule has 0 fully saturated rings. The molecule has 1 rings (SSSR count). The Morgan fingerprint density at radius 3 is 2.60 bits per heavy atom. The zero-order valence-corrected chi connectivity index (χ0v) is 11.8. The zero-order valence-electron chi connectivity index (χ0n) is 11.8. The average molecular weight is 280 g/mol. The highest BCUT2D eigenvalue weighted by atomic mass is 16.6. The van der Waals surface area contributed by atoms with E-state index in [9.17, 15) is 9.59 Å². The van der Waals surface area contributed by atoms with Crippen molar-refractivity contribution in [2.24, 2.45) is 5.73 Å². The van der Waals surface area contributed by atoms with E-state index in [0.717, 1.165) is 5.56 Å². The lowest BCUT2D eigenvalue weighted by Gasteiger charge is -2.19. The number of rotatable bonds is 4. The van der Waals surface area contributed by atoms with Crippen molar-refractivity contribution in [3.8, 4) is 0 Å². The summed E-state index contributed by atoms with van der Waals surface area (Å²) in [7, 11) is 0. The van der Waals surface area contributed by atoms with Crippen LogP contribution in [0, 0.1) is 0 Å². The van der Waals surface area contributed by atoms with Crippen LogP contribution in [0.25, 0.3) is 0 Å². The molecule has 6 nitrogen and oxygen atoms in total. The zero-order chi connectivity index (χ0) is 15.3. The molecule has 0 spiro atoms. The van der Waals surface area contributed by atoms with E-state index in [1.807, 2.05) is 0 Å². The molecule has 0 unspecified atom stereocenters. The first kappa shape index (κ1) is 16.0. The van der Waals surface area contributed by atoms with Crippen molar-refractivity contribution in [2.45, 2.75) is 38.8 Å². The second-order valence-electron chi connectivity index (χ2n) is 5.48. The monoisotopic (exact) mass is 280 g/mol. The average Bonchev–Trinajstić information content (AvgIpc) is 2.26. The minimum Gasteiger partial charge on any atom is -0.480 e. The molecular formula is C14H20N2O4. The molecule has 0 bridgehead atoms. The number of aliphatic carboxylic acids is 1. The minimum absolute atomic E-state index is 0.194. The molecular weight excluding hydrogens is 260 g/mol. The quantitative estimate of drug-likeness (QED) is 0.782. The van der Waals surface area contributed by atoms with Crippen LogP contribution in [-0.2, 0) is 16.0 Å². The van der Waals surface area contributed by atoms with Crippen molar-refractivity contribution in [3.05, 3.63) is 29.8 Å². The van der Waals surface area contributed by atoms with E-state index in [-0.39, 0.29) is 6.42 Å². The summed E-state index contributed by atoms with van der Waals surface area (Å²) in [5.74, 6) is -1.06. The van der Waals surface area contributed by atoms with E-state index in [1.165, 1.54) is 0 Å². The van der Waals surface area contributed by atoms with Gasteiger partial charge in [-0.3, -0.25) is 10.1 Å². The first-order chi connectivity index (χ1) is 9.17. The lowest BCUT2D eigenvalue weighted by molar-refractivity contribution is -0.138. The summed E-state index contributed by atoms with van der Waals surface area (Å²) in [4.78, 5) is 22.3. The van der Waals surface area contributed by atoms with Crippen LogP contribution in [0.2, 0.25) is 0 Å². The maximum atomic E-state index is 11.6. The third-order valence-corrected chi connectivity index (χ3v) is 2.35. The van der Waals surface area contributed by atoms with Gasteiger partial charge in [0.1, 0.15) is 11.6 Å². The van der Waals surface area contributed by atoms with Crippen molar-refractivity contribution in [1.82, 2.24) is 0 Å². The van der Waals surface area contributed by atoms with Gasteiger partial charge in [0.2, 0.25) is 0 Å². The van der Waals surface area contributed by atoms with Gasteiger partial charge in [-0.15, -0.1) is 0 Å². The van der Waals surface area contributed by atoms with Crippen LogP contribution in [0.4, 0.5) is 10.5 Å². The molecule has 1 aromatic rings. The van der Waals surface area contributed by atoms with Gasteiger partial charge in [0.05, 0.1) is 0 Å². The normalized spacial score (nSPS) is 12.6. The second-order valence-corrected chi connectivity index (χ2v) is 5.48. The van der Waals surface area contributed by atoms with Crippen LogP contribution < -0.4 is 11.1 Å². The third-order valence-electron chi connectivity index (χ3n) is 2.35. The molecule has 4 N–H and O–H groups in total. The lowest BCUT2D eigenvalue weighted by atomic mass is 10.1. The number of carboxylic acid groups (broad SMARTS) is 1. The molecule has 0 saturated carbocycles. The van der Waals surface area contributed by atoms with Gasteiger partial charge >= 0.3 is 12.1 Å². The predicted octanol–water partition coefficient (Wildman–Crippen LogP) is 1.99. The van der Waals surface area contributed by atoms with Gasteiger partial charge in [-0.25, -0.2) is 4.79 Å². The van der Waals surface area contributed by atoms with Gasteiger partial charge in [0.15, 0.2) is 0 Å². The molecule has 0 radical (unpaired) electrons. The van der Waals surface area contributed by atoms with Crippen LogP contribution in [0.15, 0.2) is 24.3 Å². The highest BCUT2D eigenvalue weighted by Crippen LogP contribution is 2.14. The molecule has 0 saturated heterocycles. The number of carbonyl (C=O) groups excluding carboxylic acids is 1. The van der Waals surface area contributed by atoms with Crippen LogP contribution in [0.3, 0.4) is 0 Å². The first-order valence-electron chi connectivity index (χ1n) is 6.25. The van der Waals surface area contributed by atoms with E-state index in [2.05, 4.69) is 5.32 Å². The number of nitrogens with one attached hydrogen (secondary N) is 1. The molecule has 6 heteroatoms. The predicted molar refractivity (Wildman–Crippen MR) is 75.6 cm³/mol. The maximum absolute atomic E-state index is 11.6. The molecule has 1 atom stereocenters. The van der Waals surface area contributed by atoms with Gasteiger partial charge < -0.3 is 15.6 Å². The Morgan fingerprint density at radius 2 is 2.05 bits per heavy atom. The van der Waals surface area contributed by atoms with E-state index >= 15 is 0 Å². The molecule has 0 aliphatic heterocycles. The lowest BCUT2D eigenvalue weighted by Crippen LogP contribution is -2.32. The van der Waals surface area contributed by atoms with Crippen LogP contribution in [0.1, 0.15) is 26.3 Å². The maximum Gasteiger partial charge on any atom is 0.412 e. The van der Waals surface area contributed by atoms with Gasteiger partial charge in [-0.1, -0.05) is 12.1 Å². The summed E-state index contributed by atoms with van der Waals surface area (Å²) in [5.41, 5.74) is 6.16. The molecule has 20 heavy (non-hydrogen) atoms. The van der Waals surface area contributed by atoms with Gasteiger partial charge in [-0.2, -0.15) is 0 Å². The van der Waals surface area contributed by atoms with Gasteiger partial charge in [-0.05, 0) is 44.9 Å². The van der Waals surface area contributed by atoms with Crippen molar-refractivity contribution in [3.63, 3.8) is 0 Å².